The van der Waals surface area contributed by atoms with Crippen molar-refractivity contribution in [2.24, 2.45) is 0 Å². The first-order valence-corrected chi connectivity index (χ1v) is 15.4. The van der Waals surface area contributed by atoms with Gasteiger partial charge >= 0.3 is 14.2 Å². The Labute approximate surface area is 272 Å². The highest BCUT2D eigenvalue weighted by Crippen LogP contribution is 2.37. The third-order valence-electron chi connectivity index (χ3n) is 7.95. The van der Waals surface area contributed by atoms with Crippen LogP contribution in [0.1, 0.15) is 38.8 Å². The monoisotopic (exact) mass is 664 g/mol. The maximum Gasteiger partial charge on any atom is 0.495 e. The van der Waals surface area contributed by atoms with Gasteiger partial charge < -0.3 is 28.5 Å². The molecule has 0 aromatic heterocycles. The molecule has 4 aromatic rings. The highest BCUT2D eigenvalue weighted by molar-refractivity contribution is 9.08. The van der Waals surface area contributed by atoms with Gasteiger partial charge in [-0.2, -0.15) is 0 Å². The first-order chi connectivity index (χ1) is 21.5. The fourth-order valence-electron chi connectivity index (χ4n) is 4.68. The molecule has 2 heterocycles. The Bertz CT molecular complexity index is 1730. The molecule has 0 amide bonds. The summed E-state index contributed by atoms with van der Waals surface area (Å²) in [4.78, 5) is 6.71. The molecule has 0 aliphatic carbocycles. The van der Waals surface area contributed by atoms with Crippen LogP contribution in [-0.4, -0.2) is 30.5 Å². The van der Waals surface area contributed by atoms with E-state index in [1.165, 1.54) is 0 Å². The summed E-state index contributed by atoms with van der Waals surface area (Å²) in [6, 6.07) is 25.3. The highest BCUT2D eigenvalue weighted by Gasteiger charge is 2.52. The SMILES string of the molecule is [C-]#[N+]c1ccc(Oc2ccc(B3OC(C)(C)C(C)(C)O3)c(CBr)c2)cc1.[C-]#[N+]c1ccc(Oc2ccc3c(c2)COB3O)cc1. The smallest absolute Gasteiger partial charge is 0.457 e. The van der Waals surface area contributed by atoms with Gasteiger partial charge in [0, 0.05) is 5.33 Å². The minimum absolute atomic E-state index is 0.374. The second-order valence-corrected chi connectivity index (χ2v) is 12.1. The summed E-state index contributed by atoms with van der Waals surface area (Å²) in [5.74, 6) is 2.79. The van der Waals surface area contributed by atoms with Crippen molar-refractivity contribution in [3.8, 4) is 23.0 Å². The third kappa shape index (κ3) is 7.42. The molecule has 6 rings (SSSR count). The van der Waals surface area contributed by atoms with Crippen LogP contribution in [0.15, 0.2) is 84.9 Å². The maximum atomic E-state index is 9.53. The molecule has 2 aliphatic rings. The molecule has 0 spiro atoms. The van der Waals surface area contributed by atoms with Crippen molar-refractivity contribution in [2.45, 2.75) is 50.8 Å². The van der Waals surface area contributed by atoms with Crippen LogP contribution in [0.5, 0.6) is 23.0 Å². The standard InChI is InChI=1S/C20H21BBrNO3.C14H10BNO3/c1-19(2)20(3,4)26-21(25-19)18-11-10-17(12-14(18)13-22)24-16-8-6-15(23-5)7-9-16;1-16-11-2-4-12(5-3-11)19-13-6-7-14-10(8-13)9-18-15(14)17/h6-12H,13H2,1-4H3;2-8,17H,9H2. The zero-order chi connectivity index (χ0) is 32.2. The average Bonchev–Trinajstić information content (AvgIpc) is 3.51. The number of ether oxygens (including phenoxy) is 2. The van der Waals surface area contributed by atoms with Crippen LogP contribution in [0, 0.1) is 13.1 Å². The average molecular weight is 665 g/mol. The van der Waals surface area contributed by atoms with Gasteiger partial charge in [0.1, 0.15) is 23.0 Å². The molecular formula is C34H31B2BrN2O6. The first kappa shape index (κ1) is 32.3. The van der Waals surface area contributed by atoms with Crippen LogP contribution in [0.2, 0.25) is 0 Å². The van der Waals surface area contributed by atoms with Crippen LogP contribution in [0.4, 0.5) is 11.4 Å². The molecule has 0 radical (unpaired) electrons. The molecule has 226 valence electrons. The molecule has 4 aromatic carbocycles. The van der Waals surface area contributed by atoms with Gasteiger partial charge in [-0.3, -0.25) is 0 Å². The number of halogens is 1. The lowest BCUT2D eigenvalue weighted by atomic mass is 9.76. The number of hydrogen-bond acceptors (Lipinski definition) is 6. The van der Waals surface area contributed by atoms with E-state index in [-0.39, 0.29) is 11.2 Å². The lowest BCUT2D eigenvalue weighted by Gasteiger charge is -2.32. The Morgan fingerprint density at radius 2 is 1.20 bits per heavy atom. The molecular weight excluding hydrogens is 634 g/mol. The summed E-state index contributed by atoms with van der Waals surface area (Å²) in [6.45, 7) is 22.5. The normalized spacial score (nSPS) is 15.7. The zero-order valence-corrected chi connectivity index (χ0v) is 27.0. The van der Waals surface area contributed by atoms with Gasteiger partial charge in [0.2, 0.25) is 0 Å². The number of benzene rings is 4. The molecule has 0 unspecified atom stereocenters. The summed E-state index contributed by atoms with van der Waals surface area (Å²) in [5.41, 5.74) is 4.20. The molecule has 0 bridgehead atoms. The van der Waals surface area contributed by atoms with Crippen molar-refractivity contribution in [1.29, 1.82) is 0 Å². The number of fused-ring (bicyclic) bond motifs is 1. The Morgan fingerprint density at radius 3 is 1.69 bits per heavy atom. The van der Waals surface area contributed by atoms with E-state index >= 15 is 0 Å². The maximum absolute atomic E-state index is 9.53. The van der Waals surface area contributed by atoms with E-state index in [1.807, 2.05) is 52.0 Å². The van der Waals surface area contributed by atoms with Gasteiger partial charge in [0.25, 0.3) is 0 Å². The zero-order valence-electron chi connectivity index (χ0n) is 25.4. The molecule has 1 saturated heterocycles. The highest BCUT2D eigenvalue weighted by atomic mass is 79.9. The van der Waals surface area contributed by atoms with Crippen LogP contribution >= 0.6 is 15.9 Å². The molecule has 0 atom stereocenters. The summed E-state index contributed by atoms with van der Waals surface area (Å²) in [6.07, 6.45) is 0. The van der Waals surface area contributed by atoms with E-state index in [0.29, 0.717) is 40.6 Å². The van der Waals surface area contributed by atoms with E-state index in [2.05, 4.69) is 25.6 Å². The van der Waals surface area contributed by atoms with Gasteiger partial charge in [-0.15, -0.1) is 0 Å². The fourth-order valence-corrected chi connectivity index (χ4v) is 5.17. The number of nitrogens with zero attached hydrogens (tertiary/aromatic N) is 2. The lowest BCUT2D eigenvalue weighted by molar-refractivity contribution is 0.00578. The van der Waals surface area contributed by atoms with Crippen LogP contribution in [-0.2, 0) is 25.9 Å². The van der Waals surface area contributed by atoms with E-state index in [1.54, 1.807) is 60.7 Å². The Balaban J connectivity index is 0.000000186. The predicted octanol–water partition coefficient (Wildman–Crippen LogP) is 7.47. The molecule has 2 aliphatic heterocycles. The quantitative estimate of drug-likeness (QED) is 0.131. The second-order valence-electron chi connectivity index (χ2n) is 11.5. The van der Waals surface area contributed by atoms with Crippen molar-refractivity contribution in [3.05, 3.63) is 119 Å². The molecule has 8 nitrogen and oxygen atoms in total. The summed E-state index contributed by atoms with van der Waals surface area (Å²) < 4.78 is 29.1. The summed E-state index contributed by atoms with van der Waals surface area (Å²) in [7, 11) is -1.23. The van der Waals surface area contributed by atoms with E-state index < -0.39 is 14.2 Å². The molecule has 1 fully saturated rings. The predicted molar refractivity (Wildman–Crippen MR) is 179 cm³/mol. The van der Waals surface area contributed by atoms with Crippen LogP contribution < -0.4 is 20.4 Å². The molecule has 45 heavy (non-hydrogen) atoms. The second kappa shape index (κ2) is 13.5. The van der Waals surface area contributed by atoms with Gasteiger partial charge in [0.05, 0.1) is 31.0 Å². The molecule has 0 saturated carbocycles. The Morgan fingerprint density at radius 1 is 0.733 bits per heavy atom. The number of alkyl halides is 1. The number of rotatable bonds is 6. The topological polar surface area (TPSA) is 75.1 Å². The van der Waals surface area contributed by atoms with Gasteiger partial charge in [-0.05, 0) is 98.3 Å². The number of hydrogen-bond donors (Lipinski definition) is 1. The Kier molecular flexibility index (Phi) is 9.69. The Hall–Kier alpha value is -4.09. The van der Waals surface area contributed by atoms with Gasteiger partial charge in [0.15, 0.2) is 11.4 Å². The molecule has 11 heteroatoms. The van der Waals surface area contributed by atoms with Crippen LogP contribution in [0.3, 0.4) is 0 Å². The summed E-state index contributed by atoms with van der Waals surface area (Å²) in [5, 5.41) is 10.2. The van der Waals surface area contributed by atoms with Gasteiger partial charge in [-0.25, -0.2) is 9.69 Å². The summed E-state index contributed by atoms with van der Waals surface area (Å²) >= 11 is 3.55. The van der Waals surface area contributed by atoms with E-state index in [0.717, 1.165) is 27.8 Å². The third-order valence-corrected chi connectivity index (χ3v) is 8.55. The van der Waals surface area contributed by atoms with Crippen molar-refractivity contribution in [2.75, 3.05) is 0 Å². The minimum atomic E-state index is -0.831. The van der Waals surface area contributed by atoms with Crippen molar-refractivity contribution < 1.29 is 28.5 Å². The van der Waals surface area contributed by atoms with Gasteiger partial charge in [-0.1, -0.05) is 52.3 Å². The lowest BCUT2D eigenvalue weighted by Crippen LogP contribution is -2.41. The fraction of sp³-hybridized carbons (Fsp3) is 0.235. The van der Waals surface area contributed by atoms with Crippen LogP contribution in [0.25, 0.3) is 9.69 Å². The van der Waals surface area contributed by atoms with E-state index in [9.17, 15) is 5.02 Å². The first-order valence-electron chi connectivity index (χ1n) is 14.3. The van der Waals surface area contributed by atoms with Crippen molar-refractivity contribution >= 4 is 52.5 Å². The van der Waals surface area contributed by atoms with Crippen molar-refractivity contribution in [1.82, 2.24) is 0 Å². The van der Waals surface area contributed by atoms with E-state index in [4.69, 9.17) is 36.6 Å². The largest absolute Gasteiger partial charge is 0.495 e. The molecule has 1 N–H and O–H groups in total. The van der Waals surface area contributed by atoms with Crippen molar-refractivity contribution in [3.63, 3.8) is 0 Å². The minimum Gasteiger partial charge on any atom is -0.457 e.